The number of rotatable bonds is 7. The highest BCUT2D eigenvalue weighted by atomic mass is 32.2. The van der Waals surface area contributed by atoms with E-state index < -0.39 is 103 Å². The summed E-state index contributed by atoms with van der Waals surface area (Å²) in [5, 5.41) is 23.3. The van der Waals surface area contributed by atoms with Crippen molar-refractivity contribution >= 4 is 37.8 Å². The second-order valence-electron chi connectivity index (χ2n) is 12.0. The van der Waals surface area contributed by atoms with Crippen LogP contribution in [-0.2, 0) is 47.7 Å². The number of ketones is 2. The Hall–Kier alpha value is -1.78. The zero-order valence-corrected chi connectivity index (χ0v) is 24.5. The summed E-state index contributed by atoms with van der Waals surface area (Å²) in [4.78, 5) is 37.0. The van der Waals surface area contributed by atoms with Crippen LogP contribution in [0.5, 0.6) is 0 Å². The number of hydrogen-bond donors (Lipinski definition) is 2. The summed E-state index contributed by atoms with van der Waals surface area (Å²) in [5.41, 5.74) is -8.29. The Balaban J connectivity index is 1.95. The minimum Gasteiger partial charge on any atom is -0.458 e. The van der Waals surface area contributed by atoms with Crippen LogP contribution in [0.25, 0.3) is 0 Å². The van der Waals surface area contributed by atoms with Crippen molar-refractivity contribution < 1.29 is 58.9 Å². The quantitative estimate of drug-likeness (QED) is 0.298. The van der Waals surface area contributed by atoms with E-state index in [-0.39, 0.29) is 31.3 Å². The fourth-order valence-corrected chi connectivity index (χ4v) is 9.10. The van der Waals surface area contributed by atoms with Crippen LogP contribution in [0.2, 0.25) is 0 Å². The molecule has 2 N–H and O–H groups in total. The molecule has 4 aliphatic rings. The summed E-state index contributed by atoms with van der Waals surface area (Å²) < 4.78 is 83.1. The van der Waals surface area contributed by atoms with Crippen LogP contribution in [0.3, 0.4) is 0 Å². The van der Waals surface area contributed by atoms with Crippen LogP contribution < -0.4 is 0 Å². The van der Waals surface area contributed by atoms with E-state index in [1.165, 1.54) is 13.8 Å². The lowest BCUT2D eigenvalue weighted by atomic mass is 9.42. The molecule has 40 heavy (non-hydrogen) atoms. The standard InChI is InChI=1S/C25H35FO12S2/c1-13(27)36-12-18(30)24(31)9-7-15-19-21(38-40(5,34)35)20(37-39(4,32)33)16-10-14(28)6-8-22(16,2)25(19,26)17(29)11-23(15,24)3/h10,15,17,19-21,29,31H,6-9,11-12H2,1-5H3/t15-,17?,19+,20?,21?,22-,23-,24-,25+/m0/s1. The molecule has 0 heterocycles. The SMILES string of the molecule is CC(=O)OCC(=O)[C@@]1(O)CC[C@H]2[C@@H]3C(OS(C)(=O)=O)C(OS(C)(=O)=O)C4=CC(=O)CC[C@]4(C)[C@@]3(F)C(O)C[C@@]21C. The number of aliphatic hydroxyl groups excluding tert-OH is 1. The molecule has 3 fully saturated rings. The zero-order chi connectivity index (χ0) is 30.3. The Labute approximate surface area is 232 Å². The van der Waals surface area contributed by atoms with E-state index in [1.807, 2.05) is 0 Å². The number of Topliss-reactive ketones (excluding diaryl/α,β-unsaturated/α-hetero) is 1. The van der Waals surface area contributed by atoms with Gasteiger partial charge in [-0.1, -0.05) is 13.8 Å². The number of ether oxygens (including phenoxy) is 1. The monoisotopic (exact) mass is 610 g/mol. The number of carbonyl (C=O) groups is 3. The van der Waals surface area contributed by atoms with Crippen LogP contribution in [0.15, 0.2) is 11.6 Å². The lowest BCUT2D eigenvalue weighted by molar-refractivity contribution is -0.254. The molecule has 0 radical (unpaired) electrons. The third-order valence-corrected chi connectivity index (χ3v) is 10.8. The zero-order valence-electron chi connectivity index (χ0n) is 22.9. The van der Waals surface area contributed by atoms with Gasteiger partial charge in [0.05, 0.1) is 18.6 Å². The summed E-state index contributed by atoms with van der Waals surface area (Å²) in [6, 6.07) is 0. The van der Waals surface area contributed by atoms with E-state index in [1.54, 1.807) is 0 Å². The Morgan fingerprint density at radius 2 is 1.70 bits per heavy atom. The second-order valence-corrected chi connectivity index (χ2v) is 15.2. The first kappa shape index (κ1) is 31.2. The molecule has 0 amide bonds. The number of carbonyl (C=O) groups excluding carboxylic acids is 3. The highest BCUT2D eigenvalue weighted by Crippen LogP contribution is 2.71. The number of alkyl halides is 1. The highest BCUT2D eigenvalue weighted by Gasteiger charge is 2.78. The first-order chi connectivity index (χ1) is 18.1. The predicted molar refractivity (Wildman–Crippen MR) is 135 cm³/mol. The van der Waals surface area contributed by atoms with E-state index in [4.69, 9.17) is 13.1 Å². The average Bonchev–Trinajstić information content (AvgIpc) is 3.06. The van der Waals surface area contributed by atoms with E-state index in [9.17, 15) is 41.4 Å². The van der Waals surface area contributed by atoms with Gasteiger partial charge in [-0.05, 0) is 43.3 Å². The Morgan fingerprint density at radius 3 is 2.25 bits per heavy atom. The summed E-state index contributed by atoms with van der Waals surface area (Å²) >= 11 is 0. The van der Waals surface area contributed by atoms with Gasteiger partial charge in [0.2, 0.25) is 5.78 Å². The van der Waals surface area contributed by atoms with Crippen LogP contribution in [0, 0.1) is 22.7 Å². The number of aliphatic hydroxyl groups is 2. The summed E-state index contributed by atoms with van der Waals surface area (Å²) in [5.74, 6) is -4.73. The molecule has 3 unspecified atom stereocenters. The second kappa shape index (κ2) is 9.63. The molecule has 0 spiro atoms. The first-order valence-electron chi connectivity index (χ1n) is 12.9. The Bertz CT molecular complexity index is 1380. The van der Waals surface area contributed by atoms with Gasteiger partial charge >= 0.3 is 5.97 Å². The van der Waals surface area contributed by atoms with Crippen molar-refractivity contribution in [2.75, 3.05) is 19.1 Å². The van der Waals surface area contributed by atoms with Crippen molar-refractivity contribution in [3.8, 4) is 0 Å². The van der Waals surface area contributed by atoms with Crippen LogP contribution in [0.1, 0.15) is 52.9 Å². The molecule has 0 bridgehead atoms. The molecule has 0 aromatic heterocycles. The highest BCUT2D eigenvalue weighted by molar-refractivity contribution is 7.86. The molecule has 0 aromatic rings. The molecular weight excluding hydrogens is 575 g/mol. The van der Waals surface area contributed by atoms with Crippen molar-refractivity contribution in [2.24, 2.45) is 22.7 Å². The number of esters is 1. The lowest BCUT2D eigenvalue weighted by Crippen LogP contribution is -2.75. The smallest absolute Gasteiger partial charge is 0.303 e. The van der Waals surface area contributed by atoms with Crippen LogP contribution in [0.4, 0.5) is 4.39 Å². The first-order valence-corrected chi connectivity index (χ1v) is 16.5. The summed E-state index contributed by atoms with van der Waals surface area (Å²) in [6.07, 6.45) is -4.08. The fourth-order valence-electron chi connectivity index (χ4n) is 7.89. The summed E-state index contributed by atoms with van der Waals surface area (Å²) in [7, 11) is -8.74. The molecule has 15 heteroatoms. The van der Waals surface area contributed by atoms with E-state index in [2.05, 4.69) is 0 Å². The molecule has 226 valence electrons. The third-order valence-electron chi connectivity index (χ3n) is 9.66. The van der Waals surface area contributed by atoms with Gasteiger partial charge in [0.25, 0.3) is 20.2 Å². The normalized spacial score (nSPS) is 43.2. The largest absolute Gasteiger partial charge is 0.458 e. The van der Waals surface area contributed by atoms with Crippen molar-refractivity contribution in [3.05, 3.63) is 11.6 Å². The summed E-state index contributed by atoms with van der Waals surface area (Å²) in [6.45, 7) is 3.19. The van der Waals surface area contributed by atoms with Gasteiger partial charge in [-0.25, -0.2) is 4.39 Å². The lowest BCUT2D eigenvalue weighted by Gasteiger charge is -2.65. The predicted octanol–water partition coefficient (Wildman–Crippen LogP) is 0.354. The van der Waals surface area contributed by atoms with Crippen LogP contribution in [-0.4, -0.2) is 93.3 Å². The minimum atomic E-state index is -4.41. The Kier molecular flexibility index (Phi) is 7.50. The number of hydrogen-bond acceptors (Lipinski definition) is 12. The average molecular weight is 611 g/mol. The number of fused-ring (bicyclic) bond motifs is 5. The van der Waals surface area contributed by atoms with Gasteiger partial charge in [-0.2, -0.15) is 16.8 Å². The molecule has 4 aliphatic carbocycles. The third kappa shape index (κ3) is 4.66. The van der Waals surface area contributed by atoms with E-state index >= 15 is 4.39 Å². The van der Waals surface area contributed by atoms with Gasteiger partial charge < -0.3 is 14.9 Å². The molecule has 0 aliphatic heterocycles. The van der Waals surface area contributed by atoms with Gasteiger partial charge in [-0.3, -0.25) is 22.7 Å². The maximum absolute atomic E-state index is 17.9. The molecular formula is C25H35FO12S2. The van der Waals surface area contributed by atoms with Gasteiger partial charge in [0.15, 0.2) is 18.1 Å². The maximum Gasteiger partial charge on any atom is 0.303 e. The van der Waals surface area contributed by atoms with Crippen molar-refractivity contribution in [1.29, 1.82) is 0 Å². The molecule has 9 atom stereocenters. The molecule has 12 nitrogen and oxygen atoms in total. The van der Waals surface area contributed by atoms with Crippen molar-refractivity contribution in [3.63, 3.8) is 0 Å². The van der Waals surface area contributed by atoms with E-state index in [0.29, 0.717) is 12.5 Å². The molecule has 0 aromatic carbocycles. The molecule has 3 saturated carbocycles. The van der Waals surface area contributed by atoms with Gasteiger partial charge in [0.1, 0.15) is 17.8 Å². The minimum absolute atomic E-state index is 0.0366. The fraction of sp³-hybridized carbons (Fsp3) is 0.800. The van der Waals surface area contributed by atoms with Crippen LogP contribution >= 0.6 is 0 Å². The Morgan fingerprint density at radius 1 is 1.10 bits per heavy atom. The molecule has 0 saturated heterocycles. The van der Waals surface area contributed by atoms with Gasteiger partial charge in [0, 0.05) is 30.1 Å². The molecule has 4 rings (SSSR count). The van der Waals surface area contributed by atoms with Crippen molar-refractivity contribution in [2.45, 2.75) is 82.5 Å². The van der Waals surface area contributed by atoms with E-state index in [0.717, 1.165) is 13.0 Å². The topological polar surface area (TPSA) is 188 Å². The van der Waals surface area contributed by atoms with Crippen molar-refractivity contribution in [1.82, 2.24) is 0 Å². The maximum atomic E-state index is 17.9. The van der Waals surface area contributed by atoms with Gasteiger partial charge in [-0.15, -0.1) is 0 Å². The number of halogens is 1.